The van der Waals surface area contributed by atoms with Crippen LogP contribution in [0, 0.1) is 0 Å². The van der Waals surface area contributed by atoms with E-state index in [1.54, 1.807) is 0 Å². The van der Waals surface area contributed by atoms with Crippen LogP contribution in [-0.4, -0.2) is 6.54 Å². The fourth-order valence-corrected chi connectivity index (χ4v) is 2.87. The number of halogens is 3. The Morgan fingerprint density at radius 2 is 1.80 bits per heavy atom. The highest BCUT2D eigenvalue weighted by Gasteiger charge is 2.15. The van der Waals surface area contributed by atoms with Crippen LogP contribution in [0.4, 0.5) is 0 Å². The lowest BCUT2D eigenvalue weighted by atomic mass is 9.99. The molecule has 106 valence electrons. The van der Waals surface area contributed by atoms with Crippen LogP contribution in [0.15, 0.2) is 46.9 Å². The first kappa shape index (κ1) is 15.8. The predicted octanol–water partition coefficient (Wildman–Crippen LogP) is 5.65. The number of benzene rings is 2. The number of likely N-dealkylation sites (N-methyl/N-ethyl adjacent to an activating group) is 1. The molecule has 0 saturated heterocycles. The summed E-state index contributed by atoms with van der Waals surface area (Å²) in [6.45, 7) is 2.97. The van der Waals surface area contributed by atoms with E-state index in [0.717, 1.165) is 28.0 Å². The van der Waals surface area contributed by atoms with E-state index >= 15 is 0 Å². The summed E-state index contributed by atoms with van der Waals surface area (Å²) < 4.78 is 1.09. The molecule has 0 saturated carbocycles. The van der Waals surface area contributed by atoms with E-state index in [2.05, 4.69) is 52.4 Å². The molecular formula is C16H16BrCl2N. The molecule has 2 aromatic rings. The summed E-state index contributed by atoms with van der Waals surface area (Å²) in [4.78, 5) is 0. The normalized spacial score (nSPS) is 12.4. The second-order valence-electron chi connectivity index (χ2n) is 4.61. The van der Waals surface area contributed by atoms with Crippen LogP contribution < -0.4 is 5.32 Å². The molecule has 20 heavy (non-hydrogen) atoms. The van der Waals surface area contributed by atoms with Gasteiger partial charge in [-0.1, -0.05) is 58.2 Å². The summed E-state index contributed by atoms with van der Waals surface area (Å²) in [5.74, 6) is 0. The molecule has 1 nitrogen and oxygen atoms in total. The van der Waals surface area contributed by atoms with Crippen LogP contribution in [0.3, 0.4) is 0 Å². The molecule has 0 aromatic heterocycles. The molecule has 1 unspecified atom stereocenters. The van der Waals surface area contributed by atoms with Crippen LogP contribution in [0.25, 0.3) is 0 Å². The third kappa shape index (κ3) is 4.23. The minimum absolute atomic E-state index is 0.160. The summed E-state index contributed by atoms with van der Waals surface area (Å²) in [6.07, 6.45) is 0.876. The molecule has 0 heterocycles. The van der Waals surface area contributed by atoms with Gasteiger partial charge in [0.25, 0.3) is 0 Å². The molecule has 2 rings (SSSR count). The second-order valence-corrected chi connectivity index (χ2v) is 6.37. The summed E-state index contributed by atoms with van der Waals surface area (Å²) >= 11 is 15.9. The molecule has 0 bridgehead atoms. The highest BCUT2D eigenvalue weighted by atomic mass is 79.9. The smallest absolute Gasteiger partial charge is 0.0454 e. The van der Waals surface area contributed by atoms with Crippen molar-refractivity contribution < 1.29 is 0 Å². The van der Waals surface area contributed by atoms with Crippen molar-refractivity contribution in [3.8, 4) is 0 Å². The first-order valence-corrected chi connectivity index (χ1v) is 8.08. The van der Waals surface area contributed by atoms with E-state index in [4.69, 9.17) is 23.2 Å². The van der Waals surface area contributed by atoms with Crippen LogP contribution in [-0.2, 0) is 6.42 Å². The maximum Gasteiger partial charge on any atom is 0.0454 e. The van der Waals surface area contributed by atoms with Crippen LogP contribution >= 0.6 is 39.1 Å². The molecular weight excluding hydrogens is 357 g/mol. The van der Waals surface area contributed by atoms with Crippen molar-refractivity contribution in [2.75, 3.05) is 6.54 Å². The van der Waals surface area contributed by atoms with Crippen molar-refractivity contribution in [3.63, 3.8) is 0 Å². The van der Waals surface area contributed by atoms with Gasteiger partial charge in [0.2, 0.25) is 0 Å². The number of rotatable bonds is 5. The average molecular weight is 373 g/mol. The average Bonchev–Trinajstić information content (AvgIpc) is 2.43. The van der Waals surface area contributed by atoms with Gasteiger partial charge in [0.05, 0.1) is 0 Å². The molecule has 1 N–H and O–H groups in total. The van der Waals surface area contributed by atoms with Gasteiger partial charge in [0.15, 0.2) is 0 Å². The fraction of sp³-hybridized carbons (Fsp3) is 0.250. The SMILES string of the molecule is CCNC(Cc1ccc(Br)cc1)c1cc(Cl)ccc1Cl. The zero-order chi connectivity index (χ0) is 14.5. The highest BCUT2D eigenvalue weighted by molar-refractivity contribution is 9.10. The van der Waals surface area contributed by atoms with Gasteiger partial charge >= 0.3 is 0 Å². The van der Waals surface area contributed by atoms with Crippen molar-refractivity contribution >= 4 is 39.1 Å². The van der Waals surface area contributed by atoms with E-state index in [1.165, 1.54) is 5.56 Å². The van der Waals surface area contributed by atoms with Gasteiger partial charge in [-0.25, -0.2) is 0 Å². The second kappa shape index (κ2) is 7.46. The molecule has 0 spiro atoms. The Bertz CT molecular complexity index is 569. The Hall–Kier alpha value is -0.540. The molecule has 2 aromatic carbocycles. The van der Waals surface area contributed by atoms with E-state index in [9.17, 15) is 0 Å². The first-order valence-electron chi connectivity index (χ1n) is 6.53. The minimum atomic E-state index is 0.160. The lowest BCUT2D eigenvalue weighted by Gasteiger charge is -2.20. The molecule has 0 fully saturated rings. The molecule has 0 aliphatic rings. The minimum Gasteiger partial charge on any atom is -0.310 e. The van der Waals surface area contributed by atoms with Crippen molar-refractivity contribution in [3.05, 3.63) is 68.1 Å². The lowest BCUT2D eigenvalue weighted by molar-refractivity contribution is 0.550. The third-order valence-corrected chi connectivity index (χ3v) is 4.25. The van der Waals surface area contributed by atoms with E-state index in [1.807, 2.05) is 18.2 Å². The van der Waals surface area contributed by atoms with Gasteiger partial charge in [0.1, 0.15) is 0 Å². The Morgan fingerprint density at radius 3 is 2.45 bits per heavy atom. The first-order chi connectivity index (χ1) is 9.60. The Morgan fingerprint density at radius 1 is 1.10 bits per heavy atom. The topological polar surface area (TPSA) is 12.0 Å². The standard InChI is InChI=1S/C16H16BrCl2N/c1-2-20-16(9-11-3-5-12(17)6-4-11)14-10-13(18)7-8-15(14)19/h3-8,10,16,20H,2,9H2,1H3. The van der Waals surface area contributed by atoms with E-state index in [0.29, 0.717) is 5.02 Å². The zero-order valence-electron chi connectivity index (χ0n) is 11.2. The number of nitrogens with one attached hydrogen (secondary N) is 1. The van der Waals surface area contributed by atoms with E-state index < -0.39 is 0 Å². The Balaban J connectivity index is 2.26. The number of hydrogen-bond donors (Lipinski definition) is 1. The number of hydrogen-bond acceptors (Lipinski definition) is 1. The van der Waals surface area contributed by atoms with Crippen molar-refractivity contribution in [1.82, 2.24) is 5.32 Å². The third-order valence-electron chi connectivity index (χ3n) is 3.14. The Kier molecular flexibility index (Phi) is 5.91. The Labute approximate surface area is 138 Å². The summed E-state index contributed by atoms with van der Waals surface area (Å²) in [5, 5.41) is 4.93. The van der Waals surface area contributed by atoms with Crippen LogP contribution in [0.1, 0.15) is 24.1 Å². The maximum absolute atomic E-state index is 6.31. The molecule has 0 radical (unpaired) electrons. The quantitative estimate of drug-likeness (QED) is 0.714. The van der Waals surface area contributed by atoms with Crippen LogP contribution in [0.2, 0.25) is 10.0 Å². The van der Waals surface area contributed by atoms with Crippen LogP contribution in [0.5, 0.6) is 0 Å². The highest BCUT2D eigenvalue weighted by Crippen LogP contribution is 2.29. The predicted molar refractivity (Wildman–Crippen MR) is 90.7 cm³/mol. The summed E-state index contributed by atoms with van der Waals surface area (Å²) in [7, 11) is 0. The van der Waals surface area contributed by atoms with Gasteiger partial charge in [-0.05, 0) is 54.4 Å². The molecule has 0 aliphatic heterocycles. The van der Waals surface area contributed by atoms with Gasteiger partial charge in [-0.15, -0.1) is 0 Å². The van der Waals surface area contributed by atoms with Crippen molar-refractivity contribution in [1.29, 1.82) is 0 Å². The van der Waals surface area contributed by atoms with Gasteiger partial charge in [-0.2, -0.15) is 0 Å². The lowest BCUT2D eigenvalue weighted by Crippen LogP contribution is -2.23. The van der Waals surface area contributed by atoms with Crippen molar-refractivity contribution in [2.24, 2.45) is 0 Å². The monoisotopic (exact) mass is 371 g/mol. The van der Waals surface area contributed by atoms with Gasteiger partial charge in [0, 0.05) is 20.6 Å². The molecule has 1 atom stereocenters. The molecule has 4 heteroatoms. The molecule has 0 amide bonds. The van der Waals surface area contributed by atoms with Crippen molar-refractivity contribution in [2.45, 2.75) is 19.4 Å². The van der Waals surface area contributed by atoms with E-state index in [-0.39, 0.29) is 6.04 Å². The maximum atomic E-state index is 6.31. The summed E-state index contributed by atoms with van der Waals surface area (Å²) in [5.41, 5.74) is 2.30. The van der Waals surface area contributed by atoms with Gasteiger partial charge in [-0.3, -0.25) is 0 Å². The summed E-state index contributed by atoms with van der Waals surface area (Å²) in [6, 6.07) is 14.1. The van der Waals surface area contributed by atoms with Gasteiger partial charge < -0.3 is 5.32 Å². The zero-order valence-corrected chi connectivity index (χ0v) is 14.3. The fourth-order valence-electron chi connectivity index (χ4n) is 2.18. The molecule has 0 aliphatic carbocycles. The largest absolute Gasteiger partial charge is 0.310 e.